The van der Waals surface area contributed by atoms with Crippen molar-refractivity contribution in [2.45, 2.75) is 18.9 Å². The zero-order chi connectivity index (χ0) is 14.7. The van der Waals surface area contributed by atoms with Gasteiger partial charge in [0, 0.05) is 12.1 Å². The first-order valence-electron chi connectivity index (χ1n) is 6.25. The Hall–Kier alpha value is -1.82. The monoisotopic (exact) mass is 296 g/mol. The van der Waals surface area contributed by atoms with Gasteiger partial charge in [0.2, 0.25) is 5.75 Å². The summed E-state index contributed by atoms with van der Waals surface area (Å²) in [5, 5.41) is 0.549. The van der Waals surface area contributed by atoms with Gasteiger partial charge in [0.1, 0.15) is 11.0 Å². The van der Waals surface area contributed by atoms with Crippen molar-refractivity contribution in [3.05, 3.63) is 22.4 Å². The summed E-state index contributed by atoms with van der Waals surface area (Å²) in [6.07, 6.45) is 0. The van der Waals surface area contributed by atoms with E-state index in [1.54, 1.807) is 6.07 Å². The van der Waals surface area contributed by atoms with E-state index < -0.39 is 0 Å². The summed E-state index contributed by atoms with van der Waals surface area (Å²) in [4.78, 5) is 12.1. The SMILES string of the molecule is CCOc1cc2oc(S)cc(=O)c2c(OC)c1OCC. The van der Waals surface area contributed by atoms with Gasteiger partial charge in [-0.05, 0) is 13.8 Å². The number of fused-ring (bicyclic) bond motifs is 1. The van der Waals surface area contributed by atoms with Crippen molar-refractivity contribution in [3.63, 3.8) is 0 Å². The minimum atomic E-state index is -0.239. The van der Waals surface area contributed by atoms with E-state index in [4.69, 9.17) is 18.6 Å². The molecular weight excluding hydrogens is 280 g/mol. The summed E-state index contributed by atoms with van der Waals surface area (Å²) in [6, 6.07) is 2.91. The number of hydrogen-bond donors (Lipinski definition) is 1. The number of thiol groups is 1. The first kappa shape index (κ1) is 14.6. The van der Waals surface area contributed by atoms with E-state index in [1.807, 2.05) is 13.8 Å². The molecule has 0 amide bonds. The number of benzene rings is 1. The predicted octanol–water partition coefficient (Wildman–Crippen LogP) is 2.89. The Bertz CT molecular complexity index is 677. The fourth-order valence-corrected chi connectivity index (χ4v) is 2.19. The largest absolute Gasteiger partial charge is 0.492 e. The summed E-state index contributed by atoms with van der Waals surface area (Å²) in [5.74, 6) is 1.19. The molecule has 0 radical (unpaired) electrons. The first-order chi connectivity index (χ1) is 9.62. The van der Waals surface area contributed by atoms with Crippen LogP contribution in [0.15, 0.2) is 26.4 Å². The molecule has 0 aliphatic rings. The van der Waals surface area contributed by atoms with Gasteiger partial charge in [-0.15, -0.1) is 12.6 Å². The Kier molecular flexibility index (Phi) is 4.44. The molecule has 1 aromatic heterocycles. The van der Waals surface area contributed by atoms with E-state index >= 15 is 0 Å². The fourth-order valence-electron chi connectivity index (χ4n) is 1.97. The van der Waals surface area contributed by atoms with E-state index in [9.17, 15) is 4.79 Å². The lowest BCUT2D eigenvalue weighted by atomic mass is 10.2. The molecule has 0 atom stereocenters. The third-order valence-electron chi connectivity index (χ3n) is 2.67. The van der Waals surface area contributed by atoms with Crippen LogP contribution in [0.4, 0.5) is 0 Å². The molecule has 2 aromatic rings. The molecule has 0 saturated carbocycles. The van der Waals surface area contributed by atoms with Gasteiger partial charge in [0.15, 0.2) is 22.0 Å². The van der Waals surface area contributed by atoms with Crippen LogP contribution in [0.1, 0.15) is 13.8 Å². The summed E-state index contributed by atoms with van der Waals surface area (Å²) >= 11 is 4.07. The molecule has 0 bridgehead atoms. The van der Waals surface area contributed by atoms with Crippen molar-refractivity contribution in [1.82, 2.24) is 0 Å². The van der Waals surface area contributed by atoms with Crippen molar-refractivity contribution >= 4 is 23.6 Å². The Morgan fingerprint density at radius 1 is 1.15 bits per heavy atom. The molecule has 1 heterocycles. The topological polar surface area (TPSA) is 57.9 Å². The Morgan fingerprint density at radius 3 is 2.45 bits per heavy atom. The summed E-state index contributed by atoms with van der Waals surface area (Å²) in [7, 11) is 1.47. The molecule has 0 aliphatic heterocycles. The number of rotatable bonds is 5. The van der Waals surface area contributed by atoms with Crippen LogP contribution in [0, 0.1) is 0 Å². The second-order valence-corrected chi connectivity index (χ2v) is 4.37. The zero-order valence-electron chi connectivity index (χ0n) is 11.6. The molecule has 0 saturated heterocycles. The summed E-state index contributed by atoms with van der Waals surface area (Å²) < 4.78 is 21.9. The van der Waals surface area contributed by atoms with Crippen LogP contribution in [0.25, 0.3) is 11.0 Å². The average molecular weight is 296 g/mol. The molecule has 1 aromatic carbocycles. The Labute approximate surface area is 121 Å². The predicted molar refractivity (Wildman–Crippen MR) is 78.6 cm³/mol. The fraction of sp³-hybridized carbons (Fsp3) is 0.357. The van der Waals surface area contributed by atoms with Gasteiger partial charge in [-0.3, -0.25) is 4.79 Å². The minimum Gasteiger partial charge on any atom is -0.492 e. The third kappa shape index (κ3) is 2.56. The van der Waals surface area contributed by atoms with Gasteiger partial charge in [0.05, 0.1) is 20.3 Å². The molecule has 108 valence electrons. The highest BCUT2D eigenvalue weighted by molar-refractivity contribution is 7.80. The molecule has 20 heavy (non-hydrogen) atoms. The zero-order valence-corrected chi connectivity index (χ0v) is 12.5. The van der Waals surface area contributed by atoms with E-state index in [0.717, 1.165) is 0 Å². The highest BCUT2D eigenvalue weighted by Gasteiger charge is 2.20. The summed E-state index contributed by atoms with van der Waals surface area (Å²) in [5.41, 5.74) is 0.114. The highest BCUT2D eigenvalue weighted by atomic mass is 32.1. The van der Waals surface area contributed by atoms with Gasteiger partial charge >= 0.3 is 0 Å². The summed E-state index contributed by atoms with van der Waals surface area (Å²) in [6.45, 7) is 4.59. The number of hydrogen-bond acceptors (Lipinski definition) is 6. The van der Waals surface area contributed by atoms with Crippen LogP contribution in [0.3, 0.4) is 0 Å². The van der Waals surface area contributed by atoms with Gasteiger partial charge in [0.25, 0.3) is 0 Å². The average Bonchev–Trinajstić information content (AvgIpc) is 2.40. The maximum absolute atomic E-state index is 12.1. The molecule has 2 rings (SSSR count). The van der Waals surface area contributed by atoms with Crippen LogP contribution in [0.5, 0.6) is 17.2 Å². The molecule has 5 nitrogen and oxygen atoms in total. The molecule has 0 aliphatic carbocycles. The standard InChI is InChI=1S/C14H16O5S/c1-4-17-10-7-9-12(8(15)6-11(20)19-9)14(16-3)13(10)18-5-2/h6-7,20H,4-5H2,1-3H3. The normalized spacial score (nSPS) is 10.6. The van der Waals surface area contributed by atoms with Crippen molar-refractivity contribution in [2.24, 2.45) is 0 Å². The number of ether oxygens (including phenoxy) is 3. The minimum absolute atomic E-state index is 0.233. The molecule has 0 unspecified atom stereocenters. The molecule has 0 fully saturated rings. The Morgan fingerprint density at radius 2 is 1.85 bits per heavy atom. The van der Waals surface area contributed by atoms with Crippen LogP contribution < -0.4 is 19.6 Å². The van der Waals surface area contributed by atoms with Gasteiger partial charge in [-0.2, -0.15) is 0 Å². The lowest BCUT2D eigenvalue weighted by Crippen LogP contribution is -2.06. The van der Waals surface area contributed by atoms with E-state index in [0.29, 0.717) is 41.4 Å². The molecule has 0 spiro atoms. The van der Waals surface area contributed by atoms with Gasteiger partial charge in [-0.25, -0.2) is 0 Å². The van der Waals surface area contributed by atoms with Gasteiger partial charge < -0.3 is 18.6 Å². The maximum atomic E-state index is 12.1. The van der Waals surface area contributed by atoms with Crippen molar-refractivity contribution < 1.29 is 18.6 Å². The lowest BCUT2D eigenvalue weighted by molar-refractivity contribution is 0.273. The third-order valence-corrected chi connectivity index (χ3v) is 2.89. The second-order valence-electron chi connectivity index (χ2n) is 3.93. The quantitative estimate of drug-likeness (QED) is 0.860. The molecular formula is C14H16O5S. The molecule has 0 N–H and O–H groups in total. The van der Waals surface area contributed by atoms with Crippen molar-refractivity contribution in [2.75, 3.05) is 20.3 Å². The van der Waals surface area contributed by atoms with E-state index in [1.165, 1.54) is 13.2 Å². The Balaban J connectivity index is 2.85. The van der Waals surface area contributed by atoms with Crippen LogP contribution in [0.2, 0.25) is 0 Å². The van der Waals surface area contributed by atoms with Crippen molar-refractivity contribution in [1.29, 1.82) is 0 Å². The van der Waals surface area contributed by atoms with Crippen LogP contribution in [-0.4, -0.2) is 20.3 Å². The number of methoxy groups -OCH3 is 1. The molecule has 6 heteroatoms. The van der Waals surface area contributed by atoms with Crippen LogP contribution >= 0.6 is 12.6 Å². The highest BCUT2D eigenvalue weighted by Crippen LogP contribution is 2.42. The second kappa shape index (κ2) is 6.09. The maximum Gasteiger partial charge on any atom is 0.204 e. The first-order valence-corrected chi connectivity index (χ1v) is 6.70. The van der Waals surface area contributed by atoms with Crippen molar-refractivity contribution in [3.8, 4) is 17.2 Å². The smallest absolute Gasteiger partial charge is 0.204 e. The van der Waals surface area contributed by atoms with E-state index in [-0.39, 0.29) is 10.5 Å². The van der Waals surface area contributed by atoms with E-state index in [2.05, 4.69) is 12.6 Å². The van der Waals surface area contributed by atoms with Crippen LogP contribution in [-0.2, 0) is 0 Å². The lowest BCUT2D eigenvalue weighted by Gasteiger charge is -2.15. The van der Waals surface area contributed by atoms with Gasteiger partial charge in [-0.1, -0.05) is 0 Å².